The maximum absolute atomic E-state index is 11.5. The summed E-state index contributed by atoms with van der Waals surface area (Å²) in [5.74, 6) is 0.204. The highest BCUT2D eigenvalue weighted by atomic mass is 35.5. The molecule has 0 aromatic heterocycles. The Morgan fingerprint density at radius 3 is 1.96 bits per heavy atom. The van der Waals surface area contributed by atoms with Crippen molar-refractivity contribution in [2.24, 2.45) is 5.92 Å². The van der Waals surface area contributed by atoms with Crippen LogP contribution >= 0.6 is 37.2 Å². The molecule has 0 spiro atoms. The van der Waals surface area contributed by atoms with Gasteiger partial charge in [-0.2, -0.15) is 0 Å². The standard InChI is InChI=1S/C22H29N3O.C16H20O4.3ClH/c1-2-4-21(5-3-1)26-22-8-6-19(7-9-22)18-24-14-10-20(11-15-24)25-16-12-23-13-17-25;1-10-13(15(17)18)8-7-12(14(10)16(19)20)9-11-5-3-2-4-6-11;;;/h1-9,20,23H,10-18H2;7-8,11H,2-6,9H2,1H3,(H,17,18)(H,19,20);3*1H. The average molecular weight is 737 g/mol. The summed E-state index contributed by atoms with van der Waals surface area (Å²) in [4.78, 5) is 27.8. The van der Waals surface area contributed by atoms with E-state index >= 15 is 0 Å². The third-order valence-electron chi connectivity index (χ3n) is 9.76. The van der Waals surface area contributed by atoms with Gasteiger partial charge >= 0.3 is 11.9 Å². The van der Waals surface area contributed by atoms with E-state index in [0.717, 1.165) is 62.0 Å². The zero-order chi connectivity index (χ0) is 32.3. The van der Waals surface area contributed by atoms with E-state index in [1.807, 2.05) is 30.3 Å². The van der Waals surface area contributed by atoms with Crippen molar-refractivity contribution in [1.82, 2.24) is 15.1 Å². The number of carbonyl (C=O) groups is 2. The molecule has 1 aliphatic carbocycles. The van der Waals surface area contributed by atoms with Gasteiger partial charge in [-0.3, -0.25) is 9.80 Å². The number of rotatable bonds is 9. The van der Waals surface area contributed by atoms with Crippen LogP contribution < -0.4 is 10.1 Å². The summed E-state index contributed by atoms with van der Waals surface area (Å²) >= 11 is 0. The Balaban J connectivity index is 0.000000331. The van der Waals surface area contributed by atoms with Crippen LogP contribution in [0.25, 0.3) is 0 Å². The third-order valence-corrected chi connectivity index (χ3v) is 9.76. The number of piperidine rings is 1. The molecule has 3 aromatic carbocycles. The molecule has 0 unspecified atom stereocenters. The topological polar surface area (TPSA) is 102 Å². The lowest BCUT2D eigenvalue weighted by atomic mass is 9.82. The minimum atomic E-state index is -1.07. The Kier molecular flexibility index (Phi) is 18.5. The quantitative estimate of drug-likeness (QED) is 0.203. The van der Waals surface area contributed by atoms with Crippen molar-refractivity contribution in [3.05, 3.63) is 94.5 Å². The SMILES string of the molecule is Cc1c(C(=O)O)ccc(CC2CCCCC2)c1C(=O)O.Cl.Cl.Cl.c1ccc(Oc2ccc(CN3CCC(N4CCNCC4)CC3)cc2)cc1. The minimum Gasteiger partial charge on any atom is -0.478 e. The Labute approximate surface area is 309 Å². The minimum absolute atomic E-state index is 0. The molecule has 0 radical (unpaired) electrons. The zero-order valence-electron chi connectivity index (χ0n) is 28.4. The molecule has 2 aliphatic heterocycles. The summed E-state index contributed by atoms with van der Waals surface area (Å²) in [7, 11) is 0. The van der Waals surface area contributed by atoms with Crippen LogP contribution in [-0.4, -0.2) is 77.3 Å². The van der Waals surface area contributed by atoms with Gasteiger partial charge in [0.1, 0.15) is 11.5 Å². The van der Waals surface area contributed by atoms with E-state index in [4.69, 9.17) is 9.84 Å². The van der Waals surface area contributed by atoms with Crippen molar-refractivity contribution in [3.8, 4) is 11.5 Å². The molecule has 1 saturated carbocycles. The molecule has 3 aliphatic rings. The second-order valence-electron chi connectivity index (χ2n) is 12.9. The molecule has 3 fully saturated rings. The highest BCUT2D eigenvalue weighted by Crippen LogP contribution is 2.30. The number of carboxylic acid groups (broad SMARTS) is 2. The van der Waals surface area contributed by atoms with E-state index in [9.17, 15) is 14.7 Å². The van der Waals surface area contributed by atoms with E-state index in [1.165, 1.54) is 69.9 Å². The molecule has 0 atom stereocenters. The number of nitrogens with one attached hydrogen (secondary N) is 1. The number of benzene rings is 3. The van der Waals surface area contributed by atoms with Gasteiger partial charge in [0.05, 0.1) is 11.1 Å². The number of likely N-dealkylation sites (tertiary alicyclic amines) is 1. The summed E-state index contributed by atoms with van der Waals surface area (Å²) in [5.41, 5.74) is 2.75. The number of ether oxygens (including phenoxy) is 1. The van der Waals surface area contributed by atoms with Crippen LogP contribution in [0.1, 0.15) is 82.4 Å². The Morgan fingerprint density at radius 1 is 0.755 bits per heavy atom. The fraction of sp³-hybridized carbons (Fsp3) is 0.474. The number of nitrogens with zero attached hydrogens (tertiary/aromatic N) is 2. The average Bonchev–Trinajstić information content (AvgIpc) is 3.07. The molecule has 0 amide bonds. The molecule has 2 saturated heterocycles. The highest BCUT2D eigenvalue weighted by Gasteiger charge is 2.26. The molecular weight excluding hydrogens is 685 g/mol. The fourth-order valence-corrected chi connectivity index (χ4v) is 7.21. The van der Waals surface area contributed by atoms with Gasteiger partial charge in [-0.1, -0.05) is 68.5 Å². The van der Waals surface area contributed by atoms with Gasteiger partial charge in [-0.15, -0.1) is 37.2 Å². The molecule has 3 N–H and O–H groups in total. The lowest BCUT2D eigenvalue weighted by Crippen LogP contribution is -2.51. The number of hydrogen-bond donors (Lipinski definition) is 3. The fourth-order valence-electron chi connectivity index (χ4n) is 7.21. The van der Waals surface area contributed by atoms with Crippen LogP contribution in [0.15, 0.2) is 66.7 Å². The Hall–Kier alpha value is -2.85. The number of aromatic carboxylic acids is 2. The van der Waals surface area contributed by atoms with Gasteiger partial charge in [0.15, 0.2) is 0 Å². The molecule has 11 heteroatoms. The van der Waals surface area contributed by atoms with Gasteiger partial charge in [0.25, 0.3) is 0 Å². The van der Waals surface area contributed by atoms with Crippen molar-refractivity contribution < 1.29 is 24.5 Å². The summed E-state index contributed by atoms with van der Waals surface area (Å²) in [6, 6.07) is 22.5. The summed E-state index contributed by atoms with van der Waals surface area (Å²) in [6.45, 7) is 9.77. The maximum Gasteiger partial charge on any atom is 0.336 e. The largest absolute Gasteiger partial charge is 0.478 e. The normalized spacial score (nSPS) is 17.2. The molecule has 8 nitrogen and oxygen atoms in total. The molecular formula is C38H52Cl3N3O5. The van der Waals surface area contributed by atoms with Crippen LogP contribution in [-0.2, 0) is 13.0 Å². The van der Waals surface area contributed by atoms with Crippen LogP contribution in [0, 0.1) is 12.8 Å². The number of halogens is 3. The van der Waals surface area contributed by atoms with Crippen LogP contribution in [0.5, 0.6) is 11.5 Å². The van der Waals surface area contributed by atoms with Gasteiger partial charge in [0.2, 0.25) is 0 Å². The molecule has 6 rings (SSSR count). The van der Waals surface area contributed by atoms with E-state index in [1.54, 1.807) is 13.0 Å². The molecule has 3 aromatic rings. The van der Waals surface area contributed by atoms with Gasteiger partial charge < -0.3 is 20.3 Å². The van der Waals surface area contributed by atoms with E-state index in [-0.39, 0.29) is 48.3 Å². The van der Waals surface area contributed by atoms with E-state index in [0.29, 0.717) is 11.5 Å². The maximum atomic E-state index is 11.5. The second-order valence-corrected chi connectivity index (χ2v) is 12.9. The molecule has 2 heterocycles. The molecule has 0 bridgehead atoms. The zero-order valence-corrected chi connectivity index (χ0v) is 30.8. The molecule has 49 heavy (non-hydrogen) atoms. The molecule has 270 valence electrons. The van der Waals surface area contributed by atoms with E-state index in [2.05, 4.69) is 39.4 Å². The predicted octanol–water partition coefficient (Wildman–Crippen LogP) is 8.13. The Bertz CT molecular complexity index is 1420. The first kappa shape index (κ1) is 42.3. The number of para-hydroxylation sites is 1. The van der Waals surface area contributed by atoms with Crippen molar-refractivity contribution in [3.63, 3.8) is 0 Å². The summed E-state index contributed by atoms with van der Waals surface area (Å²) < 4.78 is 5.88. The lowest BCUT2D eigenvalue weighted by molar-refractivity contribution is 0.0694. The second kappa shape index (κ2) is 21.4. The van der Waals surface area contributed by atoms with Crippen molar-refractivity contribution >= 4 is 49.2 Å². The highest BCUT2D eigenvalue weighted by molar-refractivity contribution is 5.97. The lowest BCUT2D eigenvalue weighted by Gasteiger charge is -2.40. The number of hydrogen-bond acceptors (Lipinski definition) is 6. The smallest absolute Gasteiger partial charge is 0.336 e. The summed E-state index contributed by atoms with van der Waals surface area (Å²) in [5, 5.41) is 21.9. The van der Waals surface area contributed by atoms with Crippen LogP contribution in [0.2, 0.25) is 0 Å². The monoisotopic (exact) mass is 735 g/mol. The predicted molar refractivity (Wildman–Crippen MR) is 203 cm³/mol. The van der Waals surface area contributed by atoms with Gasteiger partial charge in [-0.05, 0) is 92.2 Å². The first-order valence-electron chi connectivity index (χ1n) is 17.0. The van der Waals surface area contributed by atoms with Crippen LogP contribution in [0.3, 0.4) is 0 Å². The van der Waals surface area contributed by atoms with Crippen molar-refractivity contribution in [2.75, 3.05) is 39.3 Å². The number of carboxylic acids is 2. The number of piperazine rings is 1. The van der Waals surface area contributed by atoms with Gasteiger partial charge in [-0.25, -0.2) is 9.59 Å². The Morgan fingerprint density at radius 2 is 1.37 bits per heavy atom. The van der Waals surface area contributed by atoms with E-state index < -0.39 is 11.9 Å². The first-order chi connectivity index (χ1) is 22.4. The van der Waals surface area contributed by atoms with Crippen LogP contribution in [0.4, 0.5) is 0 Å². The summed E-state index contributed by atoms with van der Waals surface area (Å²) in [6.07, 6.45) is 9.29. The van der Waals surface area contributed by atoms with Crippen molar-refractivity contribution in [1.29, 1.82) is 0 Å². The van der Waals surface area contributed by atoms with Gasteiger partial charge in [0, 0.05) is 38.8 Å². The van der Waals surface area contributed by atoms with Crippen molar-refractivity contribution in [2.45, 2.75) is 70.9 Å². The third kappa shape index (κ3) is 12.5. The first-order valence-corrected chi connectivity index (χ1v) is 17.0.